The molecule has 0 bridgehead atoms. The minimum Gasteiger partial charge on any atom is -0.594 e. The van der Waals surface area contributed by atoms with Crippen LogP contribution in [0.25, 0.3) is 0 Å². The Morgan fingerprint density at radius 3 is 2.82 bits per heavy atom. The highest BCUT2D eigenvalue weighted by molar-refractivity contribution is 5.40. The maximum Gasteiger partial charge on any atom is 0.214 e. The largest absolute Gasteiger partial charge is 0.594 e. The molecule has 0 saturated carbocycles. The normalized spacial score (nSPS) is 9.73. The van der Waals surface area contributed by atoms with Crippen molar-refractivity contribution in [1.82, 2.24) is 5.10 Å². The highest BCUT2D eigenvalue weighted by Gasteiger charge is 2.05. The van der Waals surface area contributed by atoms with E-state index in [-0.39, 0.29) is 0 Å². The van der Waals surface area contributed by atoms with E-state index in [9.17, 15) is 5.21 Å². The molecule has 0 aliphatic heterocycles. The number of hydrogen-bond donors (Lipinski definition) is 1. The summed E-state index contributed by atoms with van der Waals surface area (Å²) in [6.07, 6.45) is 1.34. The van der Waals surface area contributed by atoms with Crippen LogP contribution in [0.3, 0.4) is 0 Å². The Morgan fingerprint density at radius 1 is 1.73 bits per heavy atom. The molecule has 0 amide bonds. The Kier molecular flexibility index (Phi) is 1.91. The summed E-state index contributed by atoms with van der Waals surface area (Å²) in [5.74, 6) is 5.89. The van der Waals surface area contributed by atoms with Crippen molar-refractivity contribution in [1.29, 1.82) is 0 Å². The zero-order chi connectivity index (χ0) is 8.43. The first-order valence-electron chi connectivity index (χ1n) is 3.17. The highest BCUT2D eigenvalue weighted by atomic mass is 16.5. The summed E-state index contributed by atoms with van der Waals surface area (Å²) < 4.78 is 0. The van der Waals surface area contributed by atoms with Gasteiger partial charge in [-0.3, -0.25) is 5.01 Å². The van der Waals surface area contributed by atoms with Crippen LogP contribution in [0.1, 0.15) is 5.56 Å². The van der Waals surface area contributed by atoms with Crippen LogP contribution >= 0.6 is 0 Å². The fourth-order valence-corrected chi connectivity index (χ4v) is 0.804. The number of rotatable bonds is 1. The number of nitrogens with zero attached hydrogens (tertiary/aromatic N) is 3. The molecule has 0 atom stereocenters. The van der Waals surface area contributed by atoms with Crippen LogP contribution in [-0.4, -0.2) is 12.1 Å². The van der Waals surface area contributed by atoms with Gasteiger partial charge < -0.3 is 5.21 Å². The monoisotopic (exact) mass is 154 g/mol. The van der Waals surface area contributed by atoms with Crippen LogP contribution in [0, 0.1) is 12.1 Å². The summed E-state index contributed by atoms with van der Waals surface area (Å²) in [4.78, 5) is 0.478. The molecular weight excluding hydrogens is 144 g/mol. The lowest BCUT2D eigenvalue weighted by atomic mass is 10.3. The lowest BCUT2D eigenvalue weighted by molar-refractivity contribution is -0.668. The van der Waals surface area contributed by atoms with Gasteiger partial charge in [0.15, 0.2) is 0 Å². The number of aromatic nitrogens is 2. The van der Waals surface area contributed by atoms with Crippen molar-refractivity contribution in [2.45, 2.75) is 6.92 Å². The van der Waals surface area contributed by atoms with Gasteiger partial charge in [-0.1, -0.05) is 4.85 Å². The molecule has 1 aromatic rings. The number of nitrogens with two attached hydrogens (primary N) is 1. The maximum atomic E-state index is 10.7. The van der Waals surface area contributed by atoms with Gasteiger partial charge in [0.25, 0.3) is 0 Å². The molecule has 5 heteroatoms. The van der Waals surface area contributed by atoms with Gasteiger partial charge in [-0.15, -0.1) is 0 Å². The van der Waals surface area contributed by atoms with E-state index in [4.69, 9.17) is 5.84 Å². The maximum absolute atomic E-state index is 10.7. The smallest absolute Gasteiger partial charge is 0.214 e. The van der Waals surface area contributed by atoms with Crippen LogP contribution in [0.4, 0.5) is 5.82 Å². The van der Waals surface area contributed by atoms with E-state index in [1.807, 2.05) is 6.92 Å². The molecule has 0 radical (unpaired) electrons. The van der Waals surface area contributed by atoms with Crippen molar-refractivity contribution < 1.29 is 4.85 Å². The van der Waals surface area contributed by atoms with E-state index in [0.717, 1.165) is 5.56 Å². The van der Waals surface area contributed by atoms with E-state index < -0.39 is 0 Å². The molecular formula is C6H10N4O. The minimum atomic E-state index is 0.478. The van der Waals surface area contributed by atoms with Crippen molar-refractivity contribution >= 4 is 5.82 Å². The SMILES string of the molecule is Cc1cc[n+]([O-])nc1N(C)N. The van der Waals surface area contributed by atoms with Crippen molar-refractivity contribution in [3.63, 3.8) is 0 Å². The Morgan fingerprint density at radius 2 is 2.36 bits per heavy atom. The third kappa shape index (κ3) is 1.56. The van der Waals surface area contributed by atoms with Crippen LogP contribution in [0.15, 0.2) is 12.3 Å². The van der Waals surface area contributed by atoms with Gasteiger partial charge >= 0.3 is 0 Å². The molecule has 0 aliphatic carbocycles. The molecule has 1 aromatic heterocycles. The summed E-state index contributed by atoms with van der Waals surface area (Å²) >= 11 is 0. The Balaban J connectivity index is 3.13. The second kappa shape index (κ2) is 2.71. The molecule has 2 N–H and O–H groups in total. The molecule has 60 valence electrons. The van der Waals surface area contributed by atoms with Crippen LogP contribution < -0.4 is 15.7 Å². The first-order chi connectivity index (χ1) is 5.11. The number of aryl methyl sites for hydroxylation is 1. The Labute approximate surface area is 64.6 Å². The van der Waals surface area contributed by atoms with Crippen LogP contribution in [-0.2, 0) is 0 Å². The Hall–Kier alpha value is -1.36. The first kappa shape index (κ1) is 7.74. The number of anilines is 1. The van der Waals surface area contributed by atoms with Crippen molar-refractivity contribution in [2.75, 3.05) is 12.1 Å². The third-order valence-corrected chi connectivity index (χ3v) is 1.33. The van der Waals surface area contributed by atoms with Crippen LogP contribution in [0.2, 0.25) is 0 Å². The molecule has 0 saturated heterocycles. The summed E-state index contributed by atoms with van der Waals surface area (Å²) in [5.41, 5.74) is 0.877. The minimum absolute atomic E-state index is 0.478. The summed E-state index contributed by atoms with van der Waals surface area (Å²) in [5, 5.41) is 15.6. The zero-order valence-corrected chi connectivity index (χ0v) is 6.48. The molecule has 1 rings (SSSR count). The number of hydrazine groups is 1. The molecule has 0 spiro atoms. The van der Waals surface area contributed by atoms with E-state index in [2.05, 4.69) is 5.10 Å². The van der Waals surface area contributed by atoms with Gasteiger partial charge in [-0.05, 0) is 6.92 Å². The van der Waals surface area contributed by atoms with Gasteiger partial charge in [0.1, 0.15) is 0 Å². The molecule has 1 heterocycles. The van der Waals surface area contributed by atoms with Gasteiger partial charge in [0.05, 0.1) is 0 Å². The first-order valence-corrected chi connectivity index (χ1v) is 3.17. The van der Waals surface area contributed by atoms with Gasteiger partial charge in [0, 0.05) is 23.8 Å². The second-order valence-electron chi connectivity index (χ2n) is 2.34. The van der Waals surface area contributed by atoms with Crippen molar-refractivity contribution in [3.8, 4) is 0 Å². The predicted octanol–water partition coefficient (Wildman–Crippen LogP) is -0.667. The molecule has 0 unspecified atom stereocenters. The molecule has 0 aliphatic rings. The molecule has 0 fully saturated rings. The predicted molar refractivity (Wildman–Crippen MR) is 40.5 cm³/mol. The lowest BCUT2D eigenvalue weighted by Crippen LogP contribution is -2.36. The van der Waals surface area contributed by atoms with E-state index in [1.165, 1.54) is 11.2 Å². The van der Waals surface area contributed by atoms with Crippen LogP contribution in [0.5, 0.6) is 0 Å². The van der Waals surface area contributed by atoms with Crippen molar-refractivity contribution in [3.05, 3.63) is 23.0 Å². The average Bonchev–Trinajstić information content (AvgIpc) is 1.94. The topological polar surface area (TPSA) is 69.1 Å². The number of hydrogen-bond acceptors (Lipinski definition) is 4. The fraction of sp³-hybridized carbons (Fsp3) is 0.333. The van der Waals surface area contributed by atoms with Crippen molar-refractivity contribution in [2.24, 2.45) is 5.84 Å². The van der Waals surface area contributed by atoms with Gasteiger partial charge in [0.2, 0.25) is 12.0 Å². The van der Waals surface area contributed by atoms with Gasteiger partial charge in [-0.25, -0.2) is 5.84 Å². The standard InChI is InChI=1S/C6H10N4O/c1-5-3-4-10(11)8-6(5)9(2)7/h3-4H,7H2,1-2H3. The molecule has 5 nitrogen and oxygen atoms in total. The third-order valence-electron chi connectivity index (χ3n) is 1.33. The second-order valence-corrected chi connectivity index (χ2v) is 2.34. The lowest BCUT2D eigenvalue weighted by Gasteiger charge is -2.10. The molecule has 11 heavy (non-hydrogen) atoms. The average molecular weight is 154 g/mol. The highest BCUT2D eigenvalue weighted by Crippen LogP contribution is 2.07. The zero-order valence-electron chi connectivity index (χ0n) is 6.48. The summed E-state index contributed by atoms with van der Waals surface area (Å²) in [6.45, 7) is 1.84. The molecule has 0 aromatic carbocycles. The summed E-state index contributed by atoms with van der Waals surface area (Å²) in [7, 11) is 1.63. The van der Waals surface area contributed by atoms with E-state index >= 15 is 0 Å². The Bertz CT molecular complexity index is 261. The quantitative estimate of drug-likeness (QED) is 0.252. The van der Waals surface area contributed by atoms with Gasteiger partial charge in [-0.2, -0.15) is 0 Å². The fourth-order valence-electron chi connectivity index (χ4n) is 0.804. The van der Waals surface area contributed by atoms with E-state index in [1.54, 1.807) is 13.1 Å². The summed E-state index contributed by atoms with van der Waals surface area (Å²) in [6, 6.07) is 1.67. The van der Waals surface area contributed by atoms with E-state index in [0.29, 0.717) is 10.7 Å².